The van der Waals surface area contributed by atoms with Crippen LogP contribution < -0.4 is 0 Å². The number of aryl methyl sites for hydroxylation is 2. The molecule has 35 heavy (non-hydrogen) atoms. The van der Waals surface area contributed by atoms with E-state index in [1.54, 1.807) is 4.90 Å². The topological polar surface area (TPSA) is 84.0 Å². The number of hydrogen-bond donors (Lipinski definition) is 0. The molecule has 1 atom stereocenters. The van der Waals surface area contributed by atoms with Crippen LogP contribution in [0.2, 0.25) is 0 Å². The second kappa shape index (κ2) is 9.74. The lowest BCUT2D eigenvalue weighted by atomic mass is 9.90. The fraction of sp³-hybridized carbons (Fsp3) is 0.481. The first-order valence-corrected chi connectivity index (χ1v) is 13.5. The van der Waals surface area contributed by atoms with Crippen LogP contribution >= 0.6 is 0 Å². The number of sulfonamides is 1. The quantitative estimate of drug-likeness (QED) is 0.603. The number of esters is 1. The molecule has 2 aliphatic rings. The third-order valence-corrected chi connectivity index (χ3v) is 9.88. The van der Waals surface area contributed by atoms with Gasteiger partial charge in [-0.3, -0.25) is 4.79 Å². The van der Waals surface area contributed by atoms with Crippen molar-refractivity contribution in [3.63, 3.8) is 0 Å². The van der Waals surface area contributed by atoms with E-state index in [-0.39, 0.29) is 24.9 Å². The lowest BCUT2D eigenvalue weighted by Gasteiger charge is -2.39. The van der Waals surface area contributed by atoms with Crippen molar-refractivity contribution in [1.82, 2.24) is 9.21 Å². The Labute approximate surface area is 208 Å². The fourth-order valence-corrected chi connectivity index (χ4v) is 7.42. The number of benzene rings is 2. The standard InChI is InChI=1S/C27H34N2O5S/c1-17-14-18(2)20(4)25(19(17)3)35(32,33)28-12-10-21(11-13-28)26(30)29-16-23-9-7-6-8-22(23)15-24(29)27(31)34-5/h6-9,14,21,24H,10-13,15-16H2,1-5H3. The van der Waals surface area contributed by atoms with E-state index in [2.05, 4.69) is 0 Å². The molecule has 0 radical (unpaired) electrons. The largest absolute Gasteiger partial charge is 0.467 e. The number of hydrogen-bond acceptors (Lipinski definition) is 5. The second-order valence-electron chi connectivity index (χ2n) is 9.75. The van der Waals surface area contributed by atoms with Gasteiger partial charge in [0.15, 0.2) is 0 Å². The zero-order valence-electron chi connectivity index (χ0n) is 21.1. The Morgan fingerprint density at radius 3 is 2.09 bits per heavy atom. The van der Waals surface area contributed by atoms with Crippen molar-refractivity contribution in [2.75, 3.05) is 20.2 Å². The number of rotatable bonds is 4. The van der Waals surface area contributed by atoms with Crippen LogP contribution in [-0.4, -0.2) is 55.7 Å². The third-order valence-electron chi connectivity index (χ3n) is 7.70. The summed E-state index contributed by atoms with van der Waals surface area (Å²) in [6.07, 6.45) is 1.27. The number of carbonyl (C=O) groups is 2. The number of nitrogens with zero attached hydrogens (tertiary/aromatic N) is 2. The van der Waals surface area contributed by atoms with Gasteiger partial charge in [-0.1, -0.05) is 30.3 Å². The number of fused-ring (bicyclic) bond motifs is 1. The SMILES string of the molecule is COC(=O)C1Cc2ccccc2CN1C(=O)C1CCN(S(=O)(=O)c2c(C)c(C)cc(C)c2C)CC1. The average Bonchev–Trinajstić information content (AvgIpc) is 2.86. The number of ether oxygens (including phenoxy) is 1. The summed E-state index contributed by atoms with van der Waals surface area (Å²) in [7, 11) is -2.34. The van der Waals surface area contributed by atoms with Gasteiger partial charge in [-0.15, -0.1) is 0 Å². The summed E-state index contributed by atoms with van der Waals surface area (Å²) in [4.78, 5) is 28.1. The average molecular weight is 499 g/mol. The first-order chi connectivity index (χ1) is 16.6. The molecule has 0 aromatic heterocycles. The summed E-state index contributed by atoms with van der Waals surface area (Å²) in [5.41, 5.74) is 5.54. The third kappa shape index (κ3) is 4.61. The first-order valence-electron chi connectivity index (χ1n) is 12.1. The maximum Gasteiger partial charge on any atom is 0.328 e. The molecule has 0 spiro atoms. The van der Waals surface area contributed by atoms with Gasteiger partial charge >= 0.3 is 5.97 Å². The van der Waals surface area contributed by atoms with E-state index < -0.39 is 22.0 Å². The Kier molecular flexibility index (Phi) is 7.06. The normalized spacial score (nSPS) is 19.3. The second-order valence-corrected chi connectivity index (χ2v) is 11.6. The smallest absolute Gasteiger partial charge is 0.328 e. The molecule has 0 saturated carbocycles. The Morgan fingerprint density at radius 2 is 1.51 bits per heavy atom. The minimum atomic E-state index is -3.68. The van der Waals surface area contributed by atoms with E-state index in [4.69, 9.17) is 4.74 Å². The highest BCUT2D eigenvalue weighted by Gasteiger charge is 2.40. The molecule has 188 valence electrons. The molecule has 1 saturated heterocycles. The fourth-order valence-electron chi connectivity index (χ4n) is 5.38. The monoisotopic (exact) mass is 498 g/mol. The van der Waals surface area contributed by atoms with Crippen molar-refractivity contribution < 1.29 is 22.7 Å². The van der Waals surface area contributed by atoms with Crippen LogP contribution in [0.5, 0.6) is 0 Å². The molecule has 1 unspecified atom stereocenters. The zero-order valence-corrected chi connectivity index (χ0v) is 21.9. The Balaban J connectivity index is 1.53. The maximum atomic E-state index is 13.6. The van der Waals surface area contributed by atoms with Gasteiger partial charge in [0.1, 0.15) is 6.04 Å². The van der Waals surface area contributed by atoms with Gasteiger partial charge in [-0.25, -0.2) is 13.2 Å². The summed E-state index contributed by atoms with van der Waals surface area (Å²) < 4.78 is 33.7. The molecule has 1 fully saturated rings. The van der Waals surface area contributed by atoms with Crippen LogP contribution in [0.1, 0.15) is 46.2 Å². The number of methoxy groups -OCH3 is 1. The molecule has 2 aromatic rings. The van der Waals surface area contributed by atoms with E-state index in [1.807, 2.05) is 58.0 Å². The number of piperidine rings is 1. The van der Waals surface area contributed by atoms with Gasteiger partial charge < -0.3 is 9.64 Å². The molecule has 2 heterocycles. The molecule has 8 heteroatoms. The molecule has 2 aromatic carbocycles. The maximum absolute atomic E-state index is 13.6. The molecule has 7 nitrogen and oxygen atoms in total. The van der Waals surface area contributed by atoms with Gasteiger partial charge in [0.2, 0.25) is 15.9 Å². The lowest BCUT2D eigenvalue weighted by molar-refractivity contribution is -0.156. The van der Waals surface area contributed by atoms with Crippen molar-refractivity contribution in [2.24, 2.45) is 5.92 Å². The molecular formula is C27H34N2O5S. The Morgan fingerprint density at radius 1 is 0.943 bits per heavy atom. The van der Waals surface area contributed by atoms with Gasteiger partial charge in [-0.05, 0) is 73.9 Å². The molecule has 0 N–H and O–H groups in total. The van der Waals surface area contributed by atoms with Crippen molar-refractivity contribution in [2.45, 2.75) is 64.4 Å². The molecule has 0 aliphatic carbocycles. The molecular weight excluding hydrogens is 464 g/mol. The van der Waals surface area contributed by atoms with E-state index in [9.17, 15) is 18.0 Å². The van der Waals surface area contributed by atoms with Crippen molar-refractivity contribution in [3.05, 3.63) is 63.7 Å². The van der Waals surface area contributed by atoms with E-state index >= 15 is 0 Å². The first kappa shape index (κ1) is 25.4. The molecule has 1 amide bonds. The highest BCUT2D eigenvalue weighted by Crippen LogP contribution is 2.33. The summed E-state index contributed by atoms with van der Waals surface area (Å²) >= 11 is 0. The minimum absolute atomic E-state index is 0.106. The van der Waals surface area contributed by atoms with Crippen molar-refractivity contribution in [3.8, 4) is 0 Å². The lowest BCUT2D eigenvalue weighted by Crippen LogP contribution is -2.52. The van der Waals surface area contributed by atoms with E-state index in [1.165, 1.54) is 11.4 Å². The van der Waals surface area contributed by atoms with Crippen LogP contribution in [0.3, 0.4) is 0 Å². The van der Waals surface area contributed by atoms with Crippen LogP contribution in [0, 0.1) is 33.6 Å². The zero-order chi connectivity index (χ0) is 25.5. The van der Waals surface area contributed by atoms with Gasteiger partial charge in [0, 0.05) is 32.0 Å². The van der Waals surface area contributed by atoms with E-state index in [0.29, 0.717) is 30.7 Å². The summed E-state index contributed by atoms with van der Waals surface area (Å²) in [6.45, 7) is 8.47. The summed E-state index contributed by atoms with van der Waals surface area (Å²) in [5.74, 6) is -0.861. The predicted molar refractivity (Wildman–Crippen MR) is 133 cm³/mol. The minimum Gasteiger partial charge on any atom is -0.467 e. The Hall–Kier alpha value is -2.71. The summed E-state index contributed by atoms with van der Waals surface area (Å²) in [6, 6.07) is 9.17. The number of amides is 1. The van der Waals surface area contributed by atoms with Crippen LogP contribution in [0.4, 0.5) is 0 Å². The van der Waals surface area contributed by atoms with Crippen molar-refractivity contribution in [1.29, 1.82) is 0 Å². The van der Waals surface area contributed by atoms with E-state index in [0.717, 1.165) is 33.4 Å². The van der Waals surface area contributed by atoms with Gasteiger partial charge in [-0.2, -0.15) is 4.31 Å². The van der Waals surface area contributed by atoms with Crippen LogP contribution in [0.25, 0.3) is 0 Å². The Bertz CT molecular complexity index is 1240. The highest BCUT2D eigenvalue weighted by molar-refractivity contribution is 7.89. The number of carbonyl (C=O) groups excluding carboxylic acids is 2. The van der Waals surface area contributed by atoms with Gasteiger partial charge in [0.25, 0.3) is 0 Å². The molecule has 2 aliphatic heterocycles. The molecule has 4 rings (SSSR count). The van der Waals surface area contributed by atoms with Crippen LogP contribution in [-0.2, 0) is 37.3 Å². The molecule has 0 bridgehead atoms. The van der Waals surface area contributed by atoms with Gasteiger partial charge in [0.05, 0.1) is 12.0 Å². The van der Waals surface area contributed by atoms with Crippen LogP contribution in [0.15, 0.2) is 35.2 Å². The predicted octanol–water partition coefficient (Wildman–Crippen LogP) is 3.45. The van der Waals surface area contributed by atoms with Crippen molar-refractivity contribution >= 4 is 21.9 Å². The summed E-state index contributed by atoms with van der Waals surface area (Å²) in [5, 5.41) is 0. The highest BCUT2D eigenvalue weighted by atomic mass is 32.2.